The van der Waals surface area contributed by atoms with E-state index in [1.807, 2.05) is 55.5 Å². The number of methoxy groups -OCH3 is 1. The van der Waals surface area contributed by atoms with Gasteiger partial charge in [0.2, 0.25) is 0 Å². The molecule has 1 amide bonds. The Morgan fingerprint density at radius 3 is 2.63 bits per heavy atom. The number of pyridine rings is 1. The van der Waals surface area contributed by atoms with Gasteiger partial charge in [0.1, 0.15) is 5.75 Å². The summed E-state index contributed by atoms with van der Waals surface area (Å²) in [6.45, 7) is 6.79. The lowest BCUT2D eigenvalue weighted by Crippen LogP contribution is -2.41. The maximum atomic E-state index is 13.1. The van der Waals surface area contributed by atoms with E-state index >= 15 is 0 Å². The fourth-order valence-corrected chi connectivity index (χ4v) is 3.68. The first-order valence-electron chi connectivity index (χ1n) is 10.3. The molecule has 0 saturated carbocycles. The van der Waals surface area contributed by atoms with Crippen LogP contribution < -0.4 is 10.1 Å². The van der Waals surface area contributed by atoms with E-state index in [1.54, 1.807) is 7.11 Å². The number of nitrogens with one attached hydrogen (secondary N) is 1. The number of benzene rings is 2. The van der Waals surface area contributed by atoms with Gasteiger partial charge in [-0.1, -0.05) is 11.6 Å². The van der Waals surface area contributed by atoms with Crippen LogP contribution in [0.25, 0.3) is 22.2 Å². The van der Waals surface area contributed by atoms with Crippen molar-refractivity contribution >= 4 is 16.8 Å². The zero-order valence-corrected chi connectivity index (χ0v) is 17.5. The number of aryl methyl sites for hydroxylation is 1. The number of carbonyl (C=O) groups excluding carboxylic acids is 1. The maximum Gasteiger partial charge on any atom is 0.252 e. The highest BCUT2D eigenvalue weighted by Gasteiger charge is 2.15. The molecule has 2 heterocycles. The van der Waals surface area contributed by atoms with Gasteiger partial charge in [0.05, 0.1) is 37.1 Å². The summed E-state index contributed by atoms with van der Waals surface area (Å²) in [4.78, 5) is 20.2. The zero-order valence-electron chi connectivity index (χ0n) is 17.5. The lowest BCUT2D eigenvalue weighted by Gasteiger charge is -2.26. The molecule has 2 aromatic carbocycles. The number of fused-ring (bicyclic) bond motifs is 1. The molecule has 1 N–H and O–H groups in total. The fourth-order valence-electron chi connectivity index (χ4n) is 3.68. The first kappa shape index (κ1) is 20.3. The van der Waals surface area contributed by atoms with Crippen LogP contribution in [-0.2, 0) is 4.74 Å². The number of rotatable bonds is 6. The Kier molecular flexibility index (Phi) is 6.26. The Labute approximate surface area is 176 Å². The van der Waals surface area contributed by atoms with E-state index in [0.717, 1.165) is 66.3 Å². The van der Waals surface area contributed by atoms with Gasteiger partial charge >= 0.3 is 0 Å². The average molecular weight is 405 g/mol. The van der Waals surface area contributed by atoms with Crippen LogP contribution in [0.3, 0.4) is 0 Å². The van der Waals surface area contributed by atoms with Crippen LogP contribution in [0.2, 0.25) is 0 Å². The predicted octanol–water partition coefficient (Wildman–Crippen LogP) is 3.28. The molecule has 6 heteroatoms. The van der Waals surface area contributed by atoms with Crippen LogP contribution in [-0.4, -0.2) is 62.3 Å². The van der Waals surface area contributed by atoms with E-state index in [2.05, 4.69) is 10.2 Å². The van der Waals surface area contributed by atoms with Gasteiger partial charge in [0.25, 0.3) is 5.91 Å². The molecule has 3 aromatic rings. The molecule has 6 nitrogen and oxygen atoms in total. The summed E-state index contributed by atoms with van der Waals surface area (Å²) in [7, 11) is 1.64. The molecule has 156 valence electrons. The second-order valence-electron chi connectivity index (χ2n) is 7.51. The van der Waals surface area contributed by atoms with Gasteiger partial charge in [0, 0.05) is 37.1 Å². The van der Waals surface area contributed by atoms with Crippen molar-refractivity contribution in [2.24, 2.45) is 0 Å². The van der Waals surface area contributed by atoms with Crippen LogP contribution in [0.1, 0.15) is 15.9 Å². The third-order valence-electron chi connectivity index (χ3n) is 5.41. The molecule has 0 radical (unpaired) electrons. The van der Waals surface area contributed by atoms with Crippen molar-refractivity contribution in [2.45, 2.75) is 6.92 Å². The van der Waals surface area contributed by atoms with Gasteiger partial charge in [-0.25, -0.2) is 4.98 Å². The predicted molar refractivity (Wildman–Crippen MR) is 118 cm³/mol. The molecule has 0 aliphatic carbocycles. The standard InChI is InChI=1S/C24H27N3O3/c1-17-3-8-22-20(15-17)21(24(28)25-9-10-27-11-13-30-14-12-27)16-23(26-22)18-4-6-19(29-2)7-5-18/h3-8,15-16H,9-14H2,1-2H3,(H,25,28). The molecule has 1 aliphatic heterocycles. The number of nitrogens with zero attached hydrogens (tertiary/aromatic N) is 2. The number of hydrogen-bond donors (Lipinski definition) is 1. The summed E-state index contributed by atoms with van der Waals surface area (Å²) < 4.78 is 10.6. The molecule has 0 spiro atoms. The van der Waals surface area contributed by atoms with Crippen molar-refractivity contribution in [1.29, 1.82) is 0 Å². The van der Waals surface area contributed by atoms with Crippen molar-refractivity contribution in [1.82, 2.24) is 15.2 Å². The summed E-state index contributed by atoms with van der Waals surface area (Å²) >= 11 is 0. The molecular weight excluding hydrogens is 378 g/mol. The van der Waals surface area contributed by atoms with Crippen molar-refractivity contribution in [3.8, 4) is 17.0 Å². The third-order valence-corrected chi connectivity index (χ3v) is 5.41. The van der Waals surface area contributed by atoms with Crippen molar-refractivity contribution in [3.63, 3.8) is 0 Å². The smallest absolute Gasteiger partial charge is 0.252 e. The molecule has 1 aliphatic rings. The van der Waals surface area contributed by atoms with Crippen molar-refractivity contribution in [2.75, 3.05) is 46.5 Å². The van der Waals surface area contributed by atoms with Gasteiger partial charge in [-0.05, 0) is 49.4 Å². The molecule has 4 rings (SSSR count). The van der Waals surface area contributed by atoms with Crippen LogP contribution in [0.5, 0.6) is 5.75 Å². The molecular formula is C24H27N3O3. The Balaban J connectivity index is 1.60. The largest absolute Gasteiger partial charge is 0.497 e. The minimum Gasteiger partial charge on any atom is -0.497 e. The first-order valence-corrected chi connectivity index (χ1v) is 10.3. The Hall–Kier alpha value is -2.96. The molecule has 0 bridgehead atoms. The van der Waals surface area contributed by atoms with E-state index in [4.69, 9.17) is 14.5 Å². The van der Waals surface area contributed by atoms with Gasteiger partial charge in [-0.15, -0.1) is 0 Å². The second-order valence-corrected chi connectivity index (χ2v) is 7.51. The van der Waals surface area contributed by atoms with Crippen molar-refractivity contribution in [3.05, 3.63) is 59.7 Å². The molecule has 0 unspecified atom stereocenters. The van der Waals surface area contributed by atoms with E-state index < -0.39 is 0 Å². The lowest BCUT2D eigenvalue weighted by atomic mass is 10.0. The highest BCUT2D eigenvalue weighted by Crippen LogP contribution is 2.27. The summed E-state index contributed by atoms with van der Waals surface area (Å²) in [5.41, 5.74) is 4.28. The number of aromatic nitrogens is 1. The summed E-state index contributed by atoms with van der Waals surface area (Å²) in [5, 5.41) is 3.96. The number of ether oxygens (including phenoxy) is 2. The van der Waals surface area contributed by atoms with Gasteiger partial charge in [-0.2, -0.15) is 0 Å². The number of carbonyl (C=O) groups is 1. The van der Waals surface area contributed by atoms with Gasteiger partial charge < -0.3 is 14.8 Å². The Morgan fingerprint density at radius 2 is 1.90 bits per heavy atom. The zero-order chi connectivity index (χ0) is 20.9. The van der Waals surface area contributed by atoms with Crippen LogP contribution in [0.4, 0.5) is 0 Å². The highest BCUT2D eigenvalue weighted by atomic mass is 16.5. The summed E-state index contributed by atoms with van der Waals surface area (Å²) in [6, 6.07) is 15.6. The fraction of sp³-hybridized carbons (Fsp3) is 0.333. The summed E-state index contributed by atoms with van der Waals surface area (Å²) in [6.07, 6.45) is 0. The quantitative estimate of drug-likeness (QED) is 0.682. The Morgan fingerprint density at radius 1 is 1.13 bits per heavy atom. The van der Waals surface area contributed by atoms with E-state index in [0.29, 0.717) is 12.1 Å². The highest BCUT2D eigenvalue weighted by molar-refractivity contribution is 6.07. The molecule has 1 fully saturated rings. The maximum absolute atomic E-state index is 13.1. The normalized spacial score (nSPS) is 14.6. The van der Waals surface area contributed by atoms with E-state index in [9.17, 15) is 4.79 Å². The number of amides is 1. The lowest BCUT2D eigenvalue weighted by molar-refractivity contribution is 0.0383. The minimum atomic E-state index is -0.0731. The molecule has 0 atom stereocenters. The second kappa shape index (κ2) is 9.24. The van der Waals surface area contributed by atoms with Crippen LogP contribution >= 0.6 is 0 Å². The molecule has 1 saturated heterocycles. The monoisotopic (exact) mass is 405 g/mol. The van der Waals surface area contributed by atoms with Gasteiger partial charge in [-0.3, -0.25) is 9.69 Å². The van der Waals surface area contributed by atoms with Crippen LogP contribution in [0, 0.1) is 6.92 Å². The topological polar surface area (TPSA) is 63.7 Å². The number of hydrogen-bond acceptors (Lipinski definition) is 5. The van der Waals surface area contributed by atoms with E-state index in [-0.39, 0.29) is 5.91 Å². The summed E-state index contributed by atoms with van der Waals surface area (Å²) in [5.74, 6) is 0.715. The molecule has 1 aromatic heterocycles. The number of morpholine rings is 1. The van der Waals surface area contributed by atoms with Gasteiger partial charge in [0.15, 0.2) is 0 Å². The minimum absolute atomic E-state index is 0.0731. The SMILES string of the molecule is COc1ccc(-c2cc(C(=O)NCCN3CCOCC3)c3cc(C)ccc3n2)cc1. The Bertz CT molecular complexity index is 1030. The third kappa shape index (κ3) is 4.61. The average Bonchev–Trinajstić information content (AvgIpc) is 2.79. The first-order chi connectivity index (χ1) is 14.6. The van der Waals surface area contributed by atoms with Crippen molar-refractivity contribution < 1.29 is 14.3 Å². The molecule has 30 heavy (non-hydrogen) atoms. The van der Waals surface area contributed by atoms with Crippen LogP contribution in [0.15, 0.2) is 48.5 Å². The van der Waals surface area contributed by atoms with E-state index in [1.165, 1.54) is 0 Å².